The average molecular weight is 278 g/mol. The molecule has 0 bridgehead atoms. The van der Waals surface area contributed by atoms with E-state index in [1.807, 2.05) is 0 Å². The summed E-state index contributed by atoms with van der Waals surface area (Å²) < 4.78 is 41.1. The van der Waals surface area contributed by atoms with Crippen LogP contribution in [0.1, 0.15) is 38.3 Å². The van der Waals surface area contributed by atoms with Crippen LogP contribution in [0, 0.1) is 5.41 Å². The molecule has 20 heavy (non-hydrogen) atoms. The van der Waals surface area contributed by atoms with E-state index in [0.29, 0.717) is 5.39 Å². The first kappa shape index (κ1) is 13.5. The maximum atomic E-state index is 13.2. The monoisotopic (exact) mass is 278 g/mol. The molecule has 2 aromatic rings. The number of hydrogen-bond acceptors (Lipinski definition) is 1. The topological polar surface area (TPSA) is 17.8 Å². The molecule has 0 spiro atoms. The fourth-order valence-corrected chi connectivity index (χ4v) is 3.10. The van der Waals surface area contributed by atoms with Crippen molar-refractivity contribution < 1.29 is 13.2 Å². The van der Waals surface area contributed by atoms with Crippen LogP contribution in [0.15, 0.2) is 18.3 Å². The molecule has 0 saturated heterocycles. The highest BCUT2D eigenvalue weighted by Gasteiger charge is 2.40. The van der Waals surface area contributed by atoms with Gasteiger partial charge in [-0.15, -0.1) is 0 Å². The van der Waals surface area contributed by atoms with Crippen molar-refractivity contribution in [3.05, 3.63) is 23.9 Å². The standard InChI is InChI=1S/C14H14BF3N2/c1-13(2)5-10(6-13)20-12-8(7-19-20)3-9(15)4-11(12)14(16,17)18/h3-4,7,10H,5-6H2,1-2H3. The van der Waals surface area contributed by atoms with Crippen molar-refractivity contribution in [1.82, 2.24) is 9.78 Å². The summed E-state index contributed by atoms with van der Waals surface area (Å²) in [6, 6.07) is 2.56. The quantitative estimate of drug-likeness (QED) is 0.732. The van der Waals surface area contributed by atoms with E-state index in [2.05, 4.69) is 18.9 Å². The molecule has 0 aliphatic heterocycles. The van der Waals surface area contributed by atoms with Crippen molar-refractivity contribution in [1.29, 1.82) is 0 Å². The average Bonchev–Trinajstić information content (AvgIpc) is 2.66. The zero-order chi connectivity index (χ0) is 14.7. The molecule has 1 heterocycles. The number of hydrogen-bond donors (Lipinski definition) is 0. The Bertz CT molecular complexity index is 665. The smallest absolute Gasteiger partial charge is 0.261 e. The van der Waals surface area contributed by atoms with Gasteiger partial charge in [0.15, 0.2) is 0 Å². The summed E-state index contributed by atoms with van der Waals surface area (Å²) in [5.41, 5.74) is -0.269. The minimum absolute atomic E-state index is 0.0345. The van der Waals surface area contributed by atoms with Crippen LogP contribution in [0.3, 0.4) is 0 Å². The summed E-state index contributed by atoms with van der Waals surface area (Å²) in [6.07, 6.45) is -1.28. The normalized spacial score (nSPS) is 19.2. The predicted molar refractivity (Wildman–Crippen MR) is 72.2 cm³/mol. The molecule has 2 nitrogen and oxygen atoms in total. The van der Waals surface area contributed by atoms with E-state index in [4.69, 9.17) is 7.85 Å². The lowest BCUT2D eigenvalue weighted by molar-refractivity contribution is -0.136. The van der Waals surface area contributed by atoms with Crippen molar-refractivity contribution in [2.24, 2.45) is 5.41 Å². The first-order chi connectivity index (χ1) is 9.17. The fraction of sp³-hybridized carbons (Fsp3) is 0.500. The summed E-state index contributed by atoms with van der Waals surface area (Å²) >= 11 is 0. The van der Waals surface area contributed by atoms with Gasteiger partial charge in [0.05, 0.1) is 23.3 Å². The summed E-state index contributed by atoms with van der Waals surface area (Å²) in [6.45, 7) is 4.22. The van der Waals surface area contributed by atoms with E-state index in [1.54, 1.807) is 0 Å². The lowest BCUT2D eigenvalue weighted by Gasteiger charge is -2.42. The SMILES string of the molecule is [B]c1cc(C(F)(F)F)c2c(cnn2C2CC(C)(C)C2)c1. The second-order valence-electron chi connectivity index (χ2n) is 6.32. The largest absolute Gasteiger partial charge is 0.418 e. The third-order valence-corrected chi connectivity index (χ3v) is 3.94. The summed E-state index contributed by atoms with van der Waals surface area (Å²) in [7, 11) is 5.56. The zero-order valence-electron chi connectivity index (χ0n) is 11.3. The highest BCUT2D eigenvalue weighted by atomic mass is 19.4. The molecule has 0 unspecified atom stereocenters. The molecule has 1 saturated carbocycles. The third-order valence-electron chi connectivity index (χ3n) is 3.94. The van der Waals surface area contributed by atoms with E-state index in [1.165, 1.54) is 16.9 Å². The van der Waals surface area contributed by atoms with Gasteiger partial charge in [-0.3, -0.25) is 4.68 Å². The number of fused-ring (bicyclic) bond motifs is 1. The van der Waals surface area contributed by atoms with Gasteiger partial charge in [0, 0.05) is 5.39 Å². The molecule has 1 aliphatic rings. The molecule has 104 valence electrons. The molecular weight excluding hydrogens is 264 g/mol. The van der Waals surface area contributed by atoms with Crippen LogP contribution in [0.5, 0.6) is 0 Å². The first-order valence-electron chi connectivity index (χ1n) is 6.51. The molecule has 0 amide bonds. The van der Waals surface area contributed by atoms with E-state index in [-0.39, 0.29) is 22.4 Å². The highest BCUT2D eigenvalue weighted by molar-refractivity contribution is 6.33. The van der Waals surface area contributed by atoms with E-state index < -0.39 is 11.7 Å². The molecule has 1 fully saturated rings. The van der Waals surface area contributed by atoms with Crippen molar-refractivity contribution in [2.75, 3.05) is 0 Å². The predicted octanol–water partition coefficient (Wildman–Crippen LogP) is 3.21. The lowest BCUT2D eigenvalue weighted by atomic mass is 9.68. The number of nitrogens with zero attached hydrogens (tertiary/aromatic N) is 2. The van der Waals surface area contributed by atoms with Crippen LogP contribution in [0.25, 0.3) is 10.9 Å². The maximum Gasteiger partial charge on any atom is 0.418 e. The molecular formula is C14H14BF3N2. The lowest BCUT2D eigenvalue weighted by Crippen LogP contribution is -2.34. The molecule has 2 radical (unpaired) electrons. The third kappa shape index (κ3) is 2.11. The Kier molecular flexibility index (Phi) is 2.72. The number of alkyl halides is 3. The second kappa shape index (κ2) is 4.02. The van der Waals surface area contributed by atoms with Gasteiger partial charge in [-0.2, -0.15) is 18.3 Å². The van der Waals surface area contributed by atoms with Gasteiger partial charge in [0.1, 0.15) is 7.85 Å². The van der Waals surface area contributed by atoms with Crippen LogP contribution >= 0.6 is 0 Å². The number of aromatic nitrogens is 2. The van der Waals surface area contributed by atoms with Gasteiger partial charge >= 0.3 is 6.18 Å². The Hall–Kier alpha value is -1.46. The Labute approximate surface area is 116 Å². The summed E-state index contributed by atoms with van der Waals surface area (Å²) in [4.78, 5) is 0. The van der Waals surface area contributed by atoms with Crippen molar-refractivity contribution in [2.45, 2.75) is 38.9 Å². The molecule has 1 aliphatic carbocycles. The van der Waals surface area contributed by atoms with Crippen molar-refractivity contribution in [3.63, 3.8) is 0 Å². The van der Waals surface area contributed by atoms with Gasteiger partial charge in [0.2, 0.25) is 0 Å². The van der Waals surface area contributed by atoms with Gasteiger partial charge in [-0.1, -0.05) is 31.4 Å². The van der Waals surface area contributed by atoms with Crippen molar-refractivity contribution >= 4 is 24.2 Å². The van der Waals surface area contributed by atoms with Gasteiger partial charge < -0.3 is 0 Å². The van der Waals surface area contributed by atoms with E-state index in [9.17, 15) is 13.2 Å². The Morgan fingerprint density at radius 1 is 1.30 bits per heavy atom. The van der Waals surface area contributed by atoms with Crippen LogP contribution in [-0.2, 0) is 6.18 Å². The van der Waals surface area contributed by atoms with E-state index >= 15 is 0 Å². The number of benzene rings is 1. The maximum absolute atomic E-state index is 13.2. The van der Waals surface area contributed by atoms with Crippen LogP contribution in [-0.4, -0.2) is 17.6 Å². The Morgan fingerprint density at radius 3 is 2.50 bits per heavy atom. The van der Waals surface area contributed by atoms with Gasteiger partial charge in [-0.05, 0) is 18.3 Å². The van der Waals surface area contributed by atoms with Crippen molar-refractivity contribution in [3.8, 4) is 0 Å². The first-order valence-corrected chi connectivity index (χ1v) is 6.51. The Balaban J connectivity index is 2.16. The molecule has 6 heteroatoms. The summed E-state index contributed by atoms with van der Waals surface area (Å²) in [5, 5.41) is 4.61. The fourth-order valence-electron chi connectivity index (χ4n) is 3.10. The van der Waals surface area contributed by atoms with E-state index in [0.717, 1.165) is 18.9 Å². The minimum atomic E-state index is -4.43. The molecule has 1 aromatic carbocycles. The van der Waals surface area contributed by atoms with Crippen LogP contribution in [0.4, 0.5) is 13.2 Å². The number of rotatable bonds is 1. The summed E-state index contributed by atoms with van der Waals surface area (Å²) in [5.74, 6) is 0. The zero-order valence-corrected chi connectivity index (χ0v) is 11.3. The molecule has 0 atom stereocenters. The molecule has 1 aromatic heterocycles. The molecule has 0 N–H and O–H groups in total. The minimum Gasteiger partial charge on any atom is -0.261 e. The highest BCUT2D eigenvalue weighted by Crippen LogP contribution is 2.49. The van der Waals surface area contributed by atoms with Gasteiger partial charge in [0.25, 0.3) is 0 Å². The van der Waals surface area contributed by atoms with Crippen LogP contribution in [0.2, 0.25) is 0 Å². The second-order valence-corrected chi connectivity index (χ2v) is 6.32. The molecule has 3 rings (SSSR count). The Morgan fingerprint density at radius 2 is 1.95 bits per heavy atom. The van der Waals surface area contributed by atoms with Crippen LogP contribution < -0.4 is 5.46 Å². The van der Waals surface area contributed by atoms with Gasteiger partial charge in [-0.25, -0.2) is 0 Å². The number of halogens is 3.